The minimum atomic E-state index is -4.52. The van der Waals surface area contributed by atoms with Gasteiger partial charge in [0, 0.05) is 17.3 Å². The maximum Gasteiger partial charge on any atom is 0.356 e. The summed E-state index contributed by atoms with van der Waals surface area (Å²) in [5.74, 6) is -0.199. The van der Waals surface area contributed by atoms with E-state index in [1.54, 1.807) is 0 Å². The maximum atomic E-state index is 12.9. The molecule has 3 aromatic rings. The van der Waals surface area contributed by atoms with E-state index in [9.17, 15) is 38.3 Å². The van der Waals surface area contributed by atoms with Crippen molar-refractivity contribution in [2.45, 2.75) is 11.5 Å². The summed E-state index contributed by atoms with van der Waals surface area (Å²) in [6, 6.07) is 16.5. The molecule has 0 saturated heterocycles. The first-order valence-corrected chi connectivity index (χ1v) is 15.3. The number of allylic oxidation sites excluding steroid dienone is 3. The zero-order chi connectivity index (χ0) is 28.4. The minimum absolute atomic E-state index is 0.199. The molecule has 40 heavy (non-hydrogen) atoms. The van der Waals surface area contributed by atoms with Gasteiger partial charge < -0.3 is 19.6 Å². The second kappa shape index (κ2) is 9.08. The van der Waals surface area contributed by atoms with Gasteiger partial charge in [0.2, 0.25) is 12.8 Å². The molecular formula is C28H22N2O8P2. The fourth-order valence-corrected chi connectivity index (χ4v) is 6.95. The Morgan fingerprint density at radius 3 is 1.90 bits per heavy atom. The molecule has 4 aliphatic rings. The van der Waals surface area contributed by atoms with Gasteiger partial charge in [0.25, 0.3) is 0 Å². The standard InChI is InChI=1S/C28H22N2O8P2/c31-16-29(19-5-9-21(10-6-19)39(33,34)35)27-24-13-4-18-2-1-3-25-26(18)23(24)14-15-28(25,27)30(17-32)20-7-11-22(12-8-20)40(36,37)38/h1-17,23H,(H2,33,34,35)(H2,36,37,38). The van der Waals surface area contributed by atoms with Crippen molar-refractivity contribution in [3.8, 4) is 0 Å². The summed E-state index contributed by atoms with van der Waals surface area (Å²) >= 11 is 0. The van der Waals surface area contributed by atoms with Gasteiger partial charge in [0.1, 0.15) is 5.54 Å². The van der Waals surface area contributed by atoms with Crippen LogP contribution in [0.3, 0.4) is 0 Å². The molecular weight excluding hydrogens is 554 g/mol. The second-order valence-corrected chi connectivity index (χ2v) is 12.8. The molecule has 0 spiro atoms. The highest BCUT2D eigenvalue weighted by Crippen LogP contribution is 2.58. The van der Waals surface area contributed by atoms with Gasteiger partial charge in [-0.05, 0) is 70.8 Å². The van der Waals surface area contributed by atoms with Gasteiger partial charge in [-0.2, -0.15) is 0 Å². The van der Waals surface area contributed by atoms with Crippen molar-refractivity contribution in [3.63, 3.8) is 0 Å². The van der Waals surface area contributed by atoms with E-state index in [-0.39, 0.29) is 16.5 Å². The summed E-state index contributed by atoms with van der Waals surface area (Å²) in [5.41, 5.74) is 3.23. The largest absolute Gasteiger partial charge is 0.356 e. The molecule has 0 fully saturated rings. The average molecular weight is 576 g/mol. The first-order valence-electron chi connectivity index (χ1n) is 12.1. The van der Waals surface area contributed by atoms with Gasteiger partial charge in [-0.25, -0.2) is 0 Å². The molecule has 0 saturated carbocycles. The van der Waals surface area contributed by atoms with E-state index in [0.717, 1.165) is 22.3 Å². The van der Waals surface area contributed by atoms with E-state index in [1.165, 1.54) is 58.3 Å². The highest BCUT2D eigenvalue weighted by atomic mass is 31.2. The fourth-order valence-electron chi connectivity index (χ4n) is 5.88. The van der Waals surface area contributed by atoms with Crippen LogP contribution in [0.25, 0.3) is 6.08 Å². The number of hydrogen-bond acceptors (Lipinski definition) is 4. The lowest BCUT2D eigenvalue weighted by Gasteiger charge is -2.53. The predicted molar refractivity (Wildman–Crippen MR) is 149 cm³/mol. The van der Waals surface area contributed by atoms with Crippen LogP contribution < -0.4 is 20.4 Å². The van der Waals surface area contributed by atoms with Crippen LogP contribution in [0, 0.1) is 0 Å². The molecule has 3 aromatic carbocycles. The first-order chi connectivity index (χ1) is 19.0. The molecule has 10 nitrogen and oxygen atoms in total. The summed E-state index contributed by atoms with van der Waals surface area (Å²) in [6.07, 6.45) is 8.85. The quantitative estimate of drug-likeness (QED) is 0.181. The fraction of sp³-hybridized carbons (Fsp3) is 0.0714. The Balaban J connectivity index is 1.59. The number of hydrogen-bond donors (Lipinski definition) is 4. The second-order valence-electron chi connectivity index (χ2n) is 9.62. The number of amides is 2. The van der Waals surface area contributed by atoms with Crippen LogP contribution in [0.15, 0.2) is 96.2 Å². The molecule has 202 valence electrons. The van der Waals surface area contributed by atoms with E-state index >= 15 is 0 Å². The van der Waals surface area contributed by atoms with Crippen LogP contribution in [0.5, 0.6) is 0 Å². The molecule has 0 aromatic heterocycles. The number of carbonyl (C=O) groups excluding carboxylic acids is 2. The molecule has 2 atom stereocenters. The van der Waals surface area contributed by atoms with Gasteiger partial charge in [-0.3, -0.25) is 28.5 Å². The average Bonchev–Trinajstić information content (AvgIpc) is 2.93. The summed E-state index contributed by atoms with van der Waals surface area (Å²) in [4.78, 5) is 66.8. The highest BCUT2D eigenvalue weighted by molar-refractivity contribution is 7.60. The Labute approximate surface area is 228 Å². The van der Waals surface area contributed by atoms with E-state index in [4.69, 9.17) is 0 Å². The van der Waals surface area contributed by atoms with E-state index in [2.05, 4.69) is 0 Å². The third-order valence-electron chi connectivity index (χ3n) is 7.56. The molecule has 4 bridgehead atoms. The predicted octanol–water partition coefficient (Wildman–Crippen LogP) is 2.76. The zero-order valence-corrected chi connectivity index (χ0v) is 22.4. The Hall–Kier alpha value is -3.88. The van der Waals surface area contributed by atoms with Crippen molar-refractivity contribution in [2.75, 3.05) is 9.80 Å². The summed E-state index contributed by atoms with van der Waals surface area (Å²) in [7, 11) is -9.04. The lowest BCUT2D eigenvalue weighted by atomic mass is 9.61. The molecule has 0 heterocycles. The summed E-state index contributed by atoms with van der Waals surface area (Å²) < 4.78 is 23.5. The van der Waals surface area contributed by atoms with Gasteiger partial charge in [0.05, 0.1) is 16.3 Å². The van der Waals surface area contributed by atoms with E-state index in [1.807, 2.05) is 42.5 Å². The van der Waals surface area contributed by atoms with Crippen LogP contribution >= 0.6 is 15.2 Å². The SMILES string of the molecule is O=CN(C1=C2C=Cc3cccc4c3C2C=CC14N(C=O)c1ccc(P(=O)(O)O)cc1)c1ccc(P(=O)(O)O)cc1. The highest BCUT2D eigenvalue weighted by Gasteiger charge is 2.54. The minimum Gasteiger partial charge on any atom is -0.321 e. The van der Waals surface area contributed by atoms with Gasteiger partial charge in [-0.15, -0.1) is 0 Å². The molecule has 2 unspecified atom stereocenters. The molecule has 12 heteroatoms. The third-order valence-corrected chi connectivity index (χ3v) is 9.51. The topological polar surface area (TPSA) is 156 Å². The van der Waals surface area contributed by atoms with Gasteiger partial charge in [-0.1, -0.05) is 42.5 Å². The van der Waals surface area contributed by atoms with Crippen molar-refractivity contribution in [2.24, 2.45) is 0 Å². The van der Waals surface area contributed by atoms with E-state index < -0.39 is 20.7 Å². The summed E-state index contributed by atoms with van der Waals surface area (Å²) in [5, 5.41) is -0.405. The third kappa shape index (κ3) is 3.81. The number of rotatable bonds is 8. The van der Waals surface area contributed by atoms with Crippen LogP contribution in [0.2, 0.25) is 0 Å². The lowest BCUT2D eigenvalue weighted by molar-refractivity contribution is -0.109. The molecule has 0 radical (unpaired) electrons. The monoisotopic (exact) mass is 576 g/mol. The Kier molecular flexibility index (Phi) is 5.98. The molecule has 4 aliphatic carbocycles. The lowest BCUT2D eigenvalue weighted by Crippen LogP contribution is -2.55. The Bertz CT molecular complexity index is 1750. The van der Waals surface area contributed by atoms with Gasteiger partial charge >= 0.3 is 15.2 Å². The Morgan fingerprint density at radius 1 is 0.750 bits per heavy atom. The van der Waals surface area contributed by atoms with Crippen LogP contribution in [-0.4, -0.2) is 32.4 Å². The molecule has 7 rings (SSSR count). The molecule has 0 aliphatic heterocycles. The summed E-state index contributed by atoms with van der Waals surface area (Å²) in [6.45, 7) is 0. The van der Waals surface area contributed by atoms with Crippen LogP contribution in [-0.2, 0) is 24.3 Å². The normalized spacial score (nSPS) is 20.4. The van der Waals surface area contributed by atoms with Gasteiger partial charge in [0.15, 0.2) is 0 Å². The number of carbonyl (C=O) groups is 2. The number of nitrogens with zero attached hydrogens (tertiary/aromatic N) is 2. The maximum absolute atomic E-state index is 12.9. The van der Waals surface area contributed by atoms with Crippen molar-refractivity contribution >= 4 is 56.1 Å². The zero-order valence-electron chi connectivity index (χ0n) is 20.6. The molecule has 2 amide bonds. The Morgan fingerprint density at radius 2 is 1.35 bits per heavy atom. The van der Waals surface area contributed by atoms with Crippen LogP contribution in [0.4, 0.5) is 11.4 Å². The van der Waals surface area contributed by atoms with Crippen molar-refractivity contribution < 1.29 is 38.3 Å². The smallest absolute Gasteiger partial charge is 0.321 e. The van der Waals surface area contributed by atoms with Crippen molar-refractivity contribution in [3.05, 3.63) is 113 Å². The number of benzene rings is 3. The molecule has 4 N–H and O–H groups in total. The first kappa shape index (κ1) is 26.3. The van der Waals surface area contributed by atoms with Crippen molar-refractivity contribution in [1.82, 2.24) is 0 Å². The van der Waals surface area contributed by atoms with E-state index in [0.29, 0.717) is 29.9 Å². The van der Waals surface area contributed by atoms with Crippen molar-refractivity contribution in [1.29, 1.82) is 0 Å². The van der Waals surface area contributed by atoms with Crippen LogP contribution in [0.1, 0.15) is 22.6 Å². The number of anilines is 2.